The van der Waals surface area contributed by atoms with Crippen LogP contribution in [0, 0.1) is 18.3 Å². The Labute approximate surface area is 304 Å². The largest absolute Gasteiger partial charge is 0.416 e. The van der Waals surface area contributed by atoms with E-state index in [2.05, 4.69) is 36.6 Å². The first-order chi connectivity index (χ1) is 25.2. The monoisotopic (exact) mass is 725 g/mol. The van der Waals surface area contributed by atoms with Crippen LogP contribution in [0.25, 0.3) is 22.8 Å². The molecule has 2 aromatic heterocycles. The molecule has 1 fully saturated rings. The average Bonchev–Trinajstić information content (AvgIpc) is 3.72. The lowest BCUT2D eigenvalue weighted by Crippen LogP contribution is -2.56. The predicted molar refractivity (Wildman–Crippen MR) is 192 cm³/mol. The average molecular weight is 726 g/mol. The third-order valence-electron chi connectivity index (χ3n) is 9.95. The quantitative estimate of drug-likeness (QED) is 0.200. The van der Waals surface area contributed by atoms with E-state index < -0.39 is 29.5 Å². The summed E-state index contributed by atoms with van der Waals surface area (Å²) < 4.78 is 45.3. The number of hydrogen-bond acceptors (Lipinski definition) is 5. The van der Waals surface area contributed by atoms with Gasteiger partial charge in [0.25, 0.3) is 0 Å². The maximum absolute atomic E-state index is 14.2. The number of nitrogens with zero attached hydrogens (tertiary/aromatic N) is 7. The number of nitrogens with one attached hydrogen (secondary N) is 1. The van der Waals surface area contributed by atoms with Crippen molar-refractivity contribution in [3.63, 3.8) is 0 Å². The summed E-state index contributed by atoms with van der Waals surface area (Å²) in [4.78, 5) is 43.7. The van der Waals surface area contributed by atoms with Crippen LogP contribution in [-0.4, -0.2) is 79.5 Å². The molecule has 3 aromatic carbocycles. The van der Waals surface area contributed by atoms with Gasteiger partial charge in [-0.25, -0.2) is 18.8 Å². The molecule has 0 saturated carbocycles. The molecule has 0 unspecified atom stereocenters. The predicted octanol–water partition coefficient (Wildman–Crippen LogP) is 5.90. The lowest BCUT2D eigenvalue weighted by molar-refractivity contribution is -0.929. The van der Waals surface area contributed by atoms with Crippen LogP contribution in [0.1, 0.15) is 42.1 Å². The second-order valence-electron chi connectivity index (χ2n) is 13.9. The van der Waals surface area contributed by atoms with Crippen LogP contribution in [0.3, 0.4) is 0 Å². The molecule has 1 N–H and O–H groups in total. The molecule has 6 rings (SSSR count). The molecular formula is C39H40F3N8O3+. The van der Waals surface area contributed by atoms with Gasteiger partial charge in [0.15, 0.2) is 0 Å². The van der Waals surface area contributed by atoms with Gasteiger partial charge in [0.05, 0.1) is 66.3 Å². The minimum Gasteiger partial charge on any atom is -0.340 e. The first kappa shape index (κ1) is 36.8. The SMILES string of the molecule is Cc1c(-c2ccnn2-c2ccc(C#N)cc2)n(C(=O)N[C@@H](C)C(=O)N2CCC([N+](C)(C)Cc3ccccc3)CC2)c(=O)n1-c1cccc(C(F)(F)F)c1. The van der Waals surface area contributed by atoms with Crippen molar-refractivity contribution in [3.8, 4) is 28.8 Å². The Kier molecular flexibility index (Phi) is 10.1. The normalized spacial score (nSPS) is 14.5. The first-order valence-corrected chi connectivity index (χ1v) is 17.2. The van der Waals surface area contributed by atoms with Crippen LogP contribution >= 0.6 is 0 Å². The number of rotatable bonds is 8. The highest BCUT2D eigenvalue weighted by Gasteiger charge is 2.36. The number of amides is 2. The molecule has 14 heteroatoms. The molecule has 53 heavy (non-hydrogen) atoms. The van der Waals surface area contributed by atoms with Crippen molar-refractivity contribution in [3.05, 3.63) is 124 Å². The lowest BCUT2D eigenvalue weighted by atomic mass is 10.00. The van der Waals surface area contributed by atoms with Gasteiger partial charge >= 0.3 is 17.9 Å². The van der Waals surface area contributed by atoms with Crippen LogP contribution < -0.4 is 11.0 Å². The number of imidazole rings is 1. The topological polar surface area (TPSA) is 118 Å². The van der Waals surface area contributed by atoms with E-state index in [1.165, 1.54) is 35.5 Å². The highest BCUT2D eigenvalue weighted by molar-refractivity contribution is 5.89. The van der Waals surface area contributed by atoms with Gasteiger partial charge in [-0.1, -0.05) is 36.4 Å². The van der Waals surface area contributed by atoms with Crippen LogP contribution in [0.5, 0.6) is 0 Å². The maximum Gasteiger partial charge on any atom is 0.416 e. The molecular weight excluding hydrogens is 685 g/mol. The fourth-order valence-corrected chi connectivity index (χ4v) is 7.14. The second kappa shape index (κ2) is 14.6. The van der Waals surface area contributed by atoms with Crippen LogP contribution in [0.4, 0.5) is 18.0 Å². The van der Waals surface area contributed by atoms with E-state index in [0.717, 1.165) is 45.1 Å². The van der Waals surface area contributed by atoms with Gasteiger partial charge in [0.1, 0.15) is 18.3 Å². The molecule has 0 bridgehead atoms. The van der Waals surface area contributed by atoms with Crippen molar-refractivity contribution in [1.29, 1.82) is 5.26 Å². The van der Waals surface area contributed by atoms with Gasteiger partial charge in [0.2, 0.25) is 5.91 Å². The van der Waals surface area contributed by atoms with E-state index in [9.17, 15) is 32.8 Å². The zero-order valence-electron chi connectivity index (χ0n) is 29.8. The highest BCUT2D eigenvalue weighted by atomic mass is 19.4. The first-order valence-electron chi connectivity index (χ1n) is 17.2. The number of benzene rings is 3. The maximum atomic E-state index is 14.2. The number of hydrogen-bond donors (Lipinski definition) is 1. The Bertz CT molecular complexity index is 2220. The molecule has 274 valence electrons. The fourth-order valence-electron chi connectivity index (χ4n) is 7.14. The Morgan fingerprint density at radius 2 is 1.66 bits per heavy atom. The van der Waals surface area contributed by atoms with Crippen molar-refractivity contribution in [2.75, 3.05) is 27.2 Å². The van der Waals surface area contributed by atoms with Gasteiger partial charge in [0, 0.05) is 31.5 Å². The summed E-state index contributed by atoms with van der Waals surface area (Å²) in [6.07, 6.45) is -1.68. The molecule has 3 heterocycles. The highest BCUT2D eigenvalue weighted by Crippen LogP contribution is 2.32. The number of nitriles is 1. The standard InChI is InChI=1S/C39H39F3N8O3/c1-26(36(51)46-21-18-33(19-22-46)50(3,4)25-29-9-6-5-7-10-29)45-37(52)48-35(34-17-20-44-49(34)31-15-13-28(24-43)14-16-31)27(2)47(38(48)53)32-12-8-11-30(23-32)39(40,41)42/h5-17,20,23,26,33H,18-19,21-22,25H2,1-4H3/p+1/t26-/m0/s1. The zero-order valence-corrected chi connectivity index (χ0v) is 29.8. The number of carbonyl (C=O) groups excluding carboxylic acids is 2. The number of likely N-dealkylation sites (tertiary alicyclic amines) is 1. The van der Waals surface area contributed by atoms with Crippen molar-refractivity contribution >= 4 is 11.9 Å². The molecule has 2 amide bonds. The van der Waals surface area contributed by atoms with Gasteiger partial charge in [-0.15, -0.1) is 0 Å². The molecule has 5 aromatic rings. The summed E-state index contributed by atoms with van der Waals surface area (Å²) >= 11 is 0. The number of aromatic nitrogens is 4. The second-order valence-corrected chi connectivity index (χ2v) is 13.9. The zero-order chi connectivity index (χ0) is 38.1. The Morgan fingerprint density at radius 1 is 0.981 bits per heavy atom. The molecule has 0 radical (unpaired) electrons. The molecule has 1 aliphatic heterocycles. The number of piperidine rings is 1. The van der Waals surface area contributed by atoms with E-state index >= 15 is 0 Å². The van der Waals surface area contributed by atoms with Crippen LogP contribution in [0.15, 0.2) is 95.9 Å². The van der Waals surface area contributed by atoms with Gasteiger partial charge in [-0.2, -0.15) is 23.5 Å². The third kappa shape index (κ3) is 7.52. The number of halogens is 3. The van der Waals surface area contributed by atoms with E-state index in [-0.39, 0.29) is 28.7 Å². The summed E-state index contributed by atoms with van der Waals surface area (Å²) in [5.74, 6) is -0.309. The van der Waals surface area contributed by atoms with Crippen molar-refractivity contribution in [2.24, 2.45) is 0 Å². The van der Waals surface area contributed by atoms with Crippen molar-refractivity contribution < 1.29 is 27.2 Å². The minimum atomic E-state index is -4.68. The van der Waals surface area contributed by atoms with Crippen LogP contribution in [0.2, 0.25) is 0 Å². The summed E-state index contributed by atoms with van der Waals surface area (Å²) in [5.41, 5.74) is 0.661. The van der Waals surface area contributed by atoms with Gasteiger partial charge < -0.3 is 14.7 Å². The molecule has 11 nitrogen and oxygen atoms in total. The van der Waals surface area contributed by atoms with E-state index in [4.69, 9.17) is 0 Å². The number of quaternary nitrogens is 1. The lowest BCUT2D eigenvalue weighted by Gasteiger charge is -2.43. The smallest absolute Gasteiger partial charge is 0.340 e. The van der Waals surface area contributed by atoms with Crippen molar-refractivity contribution in [1.82, 2.24) is 29.1 Å². The molecule has 1 aliphatic rings. The molecule has 1 saturated heterocycles. The molecule has 0 spiro atoms. The third-order valence-corrected chi connectivity index (χ3v) is 9.95. The number of carbonyl (C=O) groups is 2. The Balaban J connectivity index is 1.29. The van der Waals surface area contributed by atoms with Gasteiger partial charge in [-0.05, 0) is 62.4 Å². The minimum absolute atomic E-state index is 0.0608. The molecule has 1 atom stereocenters. The van der Waals surface area contributed by atoms with Crippen LogP contribution in [-0.2, 0) is 17.5 Å². The fraction of sp³-hybridized carbons (Fsp3) is 0.308. The summed E-state index contributed by atoms with van der Waals surface area (Å²) in [6, 6.07) is 23.0. The molecule has 0 aliphatic carbocycles. The van der Waals surface area contributed by atoms with E-state index in [1.807, 2.05) is 24.3 Å². The summed E-state index contributed by atoms with van der Waals surface area (Å²) in [5, 5.41) is 16.3. The summed E-state index contributed by atoms with van der Waals surface area (Å²) in [6.45, 7) is 4.92. The Morgan fingerprint density at radius 3 is 2.30 bits per heavy atom. The van der Waals surface area contributed by atoms with E-state index in [1.54, 1.807) is 42.2 Å². The summed E-state index contributed by atoms with van der Waals surface area (Å²) in [7, 11) is 4.38. The number of alkyl halides is 3. The van der Waals surface area contributed by atoms with Crippen molar-refractivity contribution in [2.45, 2.75) is 51.5 Å². The Hall–Kier alpha value is -5.94. The van der Waals surface area contributed by atoms with Gasteiger partial charge in [-0.3, -0.25) is 9.36 Å². The van der Waals surface area contributed by atoms with E-state index in [0.29, 0.717) is 30.4 Å².